The Labute approximate surface area is 142 Å². The number of benzene rings is 1. The first kappa shape index (κ1) is 18.2. The van der Waals surface area contributed by atoms with Gasteiger partial charge in [0.25, 0.3) is 0 Å². The molecule has 1 aromatic carbocycles. The maximum atomic E-state index is 14.2. The molecule has 1 unspecified atom stereocenters. The molecule has 1 aliphatic rings. The van der Waals surface area contributed by atoms with E-state index in [9.17, 15) is 14.0 Å². The zero-order chi connectivity index (χ0) is 17.9. The van der Waals surface area contributed by atoms with Crippen LogP contribution < -0.4 is 4.90 Å². The Balaban J connectivity index is 2.04. The Bertz CT molecular complexity index is 610. The number of anilines is 1. The van der Waals surface area contributed by atoms with Crippen molar-refractivity contribution in [2.75, 3.05) is 32.1 Å². The fraction of sp³-hybridized carbons (Fsp3) is 0.556. The van der Waals surface area contributed by atoms with Gasteiger partial charge >= 0.3 is 5.97 Å². The van der Waals surface area contributed by atoms with Crippen molar-refractivity contribution in [3.8, 4) is 0 Å². The summed E-state index contributed by atoms with van der Waals surface area (Å²) in [4.78, 5) is 27.3. The lowest BCUT2D eigenvalue weighted by Crippen LogP contribution is -2.39. The number of amides is 1. The van der Waals surface area contributed by atoms with Crippen LogP contribution in [0.15, 0.2) is 18.2 Å². The highest BCUT2D eigenvalue weighted by Crippen LogP contribution is 2.31. The normalized spacial score (nSPS) is 16.6. The molecule has 2 rings (SSSR count). The van der Waals surface area contributed by atoms with Crippen molar-refractivity contribution in [3.63, 3.8) is 0 Å². The lowest BCUT2D eigenvalue weighted by molar-refractivity contribution is -0.156. The number of likely N-dealkylation sites (tertiary alicyclic amines) is 1. The van der Waals surface area contributed by atoms with Gasteiger partial charge in [0.05, 0.1) is 11.5 Å². The van der Waals surface area contributed by atoms with Crippen LogP contribution in [0.3, 0.4) is 0 Å². The van der Waals surface area contributed by atoms with E-state index in [0.29, 0.717) is 37.2 Å². The first-order chi connectivity index (χ1) is 11.3. The zero-order valence-electron chi connectivity index (χ0n) is 14.7. The third kappa shape index (κ3) is 4.04. The van der Waals surface area contributed by atoms with Crippen LogP contribution in [0.2, 0.25) is 0 Å². The van der Waals surface area contributed by atoms with Gasteiger partial charge in [0.15, 0.2) is 0 Å². The third-order valence-corrected chi connectivity index (χ3v) is 4.48. The van der Waals surface area contributed by atoms with Gasteiger partial charge in [-0.3, -0.25) is 9.59 Å². The van der Waals surface area contributed by atoms with Crippen molar-refractivity contribution in [2.24, 2.45) is 5.92 Å². The summed E-state index contributed by atoms with van der Waals surface area (Å²) in [6, 6.07) is 4.81. The first-order valence-electron chi connectivity index (χ1n) is 8.23. The maximum Gasteiger partial charge on any atom is 0.309 e. The van der Waals surface area contributed by atoms with Gasteiger partial charge in [-0.2, -0.15) is 0 Å². The van der Waals surface area contributed by atoms with Gasteiger partial charge in [0.2, 0.25) is 5.91 Å². The molecule has 0 saturated carbocycles. The molecule has 24 heavy (non-hydrogen) atoms. The molecule has 1 aromatic rings. The lowest BCUT2D eigenvalue weighted by Gasteiger charge is -2.31. The van der Waals surface area contributed by atoms with Gasteiger partial charge in [-0.1, -0.05) is 6.07 Å². The summed E-state index contributed by atoms with van der Waals surface area (Å²) in [5.41, 5.74) is 1.08. The van der Waals surface area contributed by atoms with Crippen molar-refractivity contribution in [1.29, 1.82) is 0 Å². The Morgan fingerprint density at radius 2 is 1.92 bits per heavy atom. The van der Waals surface area contributed by atoms with Crippen molar-refractivity contribution in [3.05, 3.63) is 29.6 Å². The van der Waals surface area contributed by atoms with Gasteiger partial charge in [-0.15, -0.1) is 0 Å². The molecule has 0 spiro atoms. The number of carbonyl (C=O) groups is 2. The van der Waals surface area contributed by atoms with E-state index in [0.717, 1.165) is 0 Å². The Morgan fingerprint density at radius 1 is 1.29 bits per heavy atom. The monoisotopic (exact) mass is 336 g/mol. The number of piperidine rings is 1. The third-order valence-electron chi connectivity index (χ3n) is 4.48. The van der Waals surface area contributed by atoms with E-state index in [-0.39, 0.29) is 23.6 Å². The summed E-state index contributed by atoms with van der Waals surface area (Å²) >= 11 is 0. The molecule has 0 radical (unpaired) electrons. The summed E-state index contributed by atoms with van der Waals surface area (Å²) in [6.07, 6.45) is 0.508. The molecule has 1 atom stereocenters. The summed E-state index contributed by atoms with van der Waals surface area (Å²) in [7, 11) is 3.65. The molecule has 1 heterocycles. The highest BCUT2D eigenvalue weighted by atomic mass is 19.1. The van der Waals surface area contributed by atoms with Crippen LogP contribution in [-0.4, -0.2) is 44.0 Å². The molecular formula is C18H25FN2O3. The van der Waals surface area contributed by atoms with Crippen LogP contribution >= 0.6 is 0 Å². The minimum Gasteiger partial charge on any atom is -0.457 e. The maximum absolute atomic E-state index is 14.2. The van der Waals surface area contributed by atoms with E-state index in [1.165, 1.54) is 13.0 Å². The zero-order valence-corrected chi connectivity index (χ0v) is 14.7. The molecule has 1 aliphatic heterocycles. The number of esters is 1. The predicted molar refractivity (Wildman–Crippen MR) is 90.2 cm³/mol. The van der Waals surface area contributed by atoms with E-state index in [1.54, 1.807) is 28.9 Å². The number of rotatable bonds is 4. The Morgan fingerprint density at radius 3 is 2.46 bits per heavy atom. The summed E-state index contributed by atoms with van der Waals surface area (Å²) in [5, 5.41) is 0. The number of hydrogen-bond donors (Lipinski definition) is 0. The second kappa shape index (κ2) is 7.64. The molecule has 0 aromatic heterocycles. The Hall–Kier alpha value is -2.11. The molecule has 1 amide bonds. The number of halogens is 1. The minimum atomic E-state index is -0.665. The largest absolute Gasteiger partial charge is 0.457 e. The predicted octanol–water partition coefficient (Wildman–Crippen LogP) is 2.75. The SMILES string of the molecule is CC(=O)N1CCC(C(=O)OC(C)c2c(F)cccc2N(C)C)CC1. The standard InChI is InChI=1S/C18H25FN2O3/c1-12(17-15(19)6-5-7-16(17)20(3)4)24-18(23)14-8-10-21(11-9-14)13(2)22/h5-7,12,14H,8-11H2,1-4H3. The van der Waals surface area contributed by atoms with Gasteiger partial charge in [0, 0.05) is 39.8 Å². The topological polar surface area (TPSA) is 49.9 Å². The van der Waals surface area contributed by atoms with E-state index in [1.807, 2.05) is 14.1 Å². The Kier molecular flexibility index (Phi) is 5.80. The van der Waals surface area contributed by atoms with Crippen molar-refractivity contribution in [2.45, 2.75) is 32.8 Å². The fourth-order valence-electron chi connectivity index (χ4n) is 3.08. The second-order valence-electron chi connectivity index (χ2n) is 6.43. The first-order valence-corrected chi connectivity index (χ1v) is 8.23. The van der Waals surface area contributed by atoms with Crippen molar-refractivity contribution < 1.29 is 18.7 Å². The molecule has 1 saturated heterocycles. The summed E-state index contributed by atoms with van der Waals surface area (Å²) in [6.45, 7) is 4.34. The van der Waals surface area contributed by atoms with Crippen LogP contribution in [0, 0.1) is 11.7 Å². The summed E-state index contributed by atoms with van der Waals surface area (Å²) in [5.74, 6) is -0.915. The molecule has 5 nitrogen and oxygen atoms in total. The van der Waals surface area contributed by atoms with E-state index in [4.69, 9.17) is 4.74 Å². The van der Waals surface area contributed by atoms with Crippen LogP contribution in [0.1, 0.15) is 38.4 Å². The van der Waals surface area contributed by atoms with Gasteiger partial charge in [0.1, 0.15) is 11.9 Å². The highest BCUT2D eigenvalue weighted by molar-refractivity contribution is 5.75. The smallest absolute Gasteiger partial charge is 0.309 e. The van der Waals surface area contributed by atoms with Crippen LogP contribution in [0.5, 0.6) is 0 Å². The van der Waals surface area contributed by atoms with Crippen LogP contribution in [0.25, 0.3) is 0 Å². The van der Waals surface area contributed by atoms with E-state index < -0.39 is 6.10 Å². The second-order valence-corrected chi connectivity index (χ2v) is 6.43. The van der Waals surface area contributed by atoms with Gasteiger partial charge in [-0.25, -0.2) is 4.39 Å². The van der Waals surface area contributed by atoms with Crippen LogP contribution in [0.4, 0.5) is 10.1 Å². The molecule has 1 fully saturated rings. The average molecular weight is 336 g/mol. The van der Waals surface area contributed by atoms with Gasteiger partial charge in [-0.05, 0) is 31.9 Å². The number of carbonyl (C=O) groups excluding carboxylic acids is 2. The van der Waals surface area contributed by atoms with E-state index >= 15 is 0 Å². The molecule has 132 valence electrons. The number of nitrogens with zero attached hydrogens (tertiary/aromatic N) is 2. The van der Waals surface area contributed by atoms with Crippen molar-refractivity contribution >= 4 is 17.6 Å². The lowest BCUT2D eigenvalue weighted by atomic mass is 9.96. The molecule has 6 heteroatoms. The van der Waals surface area contributed by atoms with Crippen molar-refractivity contribution in [1.82, 2.24) is 4.90 Å². The molecule has 0 aliphatic carbocycles. The minimum absolute atomic E-state index is 0.0252. The van der Waals surface area contributed by atoms with Crippen LogP contribution in [-0.2, 0) is 14.3 Å². The molecular weight excluding hydrogens is 311 g/mol. The quantitative estimate of drug-likeness (QED) is 0.794. The van der Waals surface area contributed by atoms with Gasteiger partial charge < -0.3 is 14.5 Å². The number of hydrogen-bond acceptors (Lipinski definition) is 4. The average Bonchev–Trinajstić information content (AvgIpc) is 2.54. The molecule has 0 bridgehead atoms. The van der Waals surface area contributed by atoms with E-state index in [2.05, 4.69) is 0 Å². The number of ether oxygens (including phenoxy) is 1. The summed E-state index contributed by atoms with van der Waals surface area (Å²) < 4.78 is 19.8. The molecule has 0 N–H and O–H groups in total. The fourth-order valence-corrected chi connectivity index (χ4v) is 3.08. The highest BCUT2D eigenvalue weighted by Gasteiger charge is 2.29.